The maximum absolute atomic E-state index is 12.4. The van der Waals surface area contributed by atoms with E-state index in [-0.39, 0.29) is 47.2 Å². The molecule has 31 heavy (non-hydrogen) atoms. The summed E-state index contributed by atoms with van der Waals surface area (Å²) in [4.78, 5) is 35.7. The van der Waals surface area contributed by atoms with Gasteiger partial charge in [-0.1, -0.05) is 18.6 Å². The van der Waals surface area contributed by atoms with Crippen molar-refractivity contribution in [2.75, 3.05) is 13.2 Å². The lowest BCUT2D eigenvalue weighted by Crippen LogP contribution is -2.56. The summed E-state index contributed by atoms with van der Waals surface area (Å²) in [5.74, 6) is 0.542. The number of hydrogen-bond donors (Lipinski definition) is 1. The molecule has 0 radical (unpaired) electrons. The van der Waals surface area contributed by atoms with Crippen LogP contribution in [0.1, 0.15) is 72.1 Å². The average Bonchev–Trinajstić information content (AvgIpc) is 3.08. The summed E-state index contributed by atoms with van der Waals surface area (Å²) in [6.07, 6.45) is 9.51. The quantitative estimate of drug-likeness (QED) is 0.527. The van der Waals surface area contributed by atoms with Crippen molar-refractivity contribution >= 4 is 17.7 Å². The Morgan fingerprint density at radius 3 is 2.55 bits per heavy atom. The van der Waals surface area contributed by atoms with Gasteiger partial charge in [0.1, 0.15) is 12.7 Å². The van der Waals surface area contributed by atoms with Crippen molar-refractivity contribution in [3.8, 4) is 0 Å². The number of aliphatic hydroxyl groups is 1. The minimum absolute atomic E-state index is 0.0441. The fourth-order valence-corrected chi connectivity index (χ4v) is 7.80. The van der Waals surface area contributed by atoms with Crippen LogP contribution in [0.25, 0.3) is 0 Å². The predicted octanol–water partition coefficient (Wildman–Crippen LogP) is 3.60. The second-order valence-corrected chi connectivity index (χ2v) is 10.5. The van der Waals surface area contributed by atoms with Gasteiger partial charge in [-0.25, -0.2) is 0 Å². The first-order valence-electron chi connectivity index (χ1n) is 11.9. The highest BCUT2D eigenvalue weighted by atomic mass is 16.5. The van der Waals surface area contributed by atoms with Crippen LogP contribution in [0.5, 0.6) is 0 Å². The fraction of sp³-hybridized carbons (Fsp3) is 0.800. The molecular formula is C25H36O6. The lowest BCUT2D eigenvalue weighted by atomic mass is 9.45. The zero-order valence-corrected chi connectivity index (χ0v) is 19.0. The van der Waals surface area contributed by atoms with E-state index in [1.165, 1.54) is 19.4 Å². The molecule has 0 heterocycles. The first-order valence-corrected chi connectivity index (χ1v) is 11.9. The number of carbonyl (C=O) groups excluding carboxylic acids is 3. The van der Waals surface area contributed by atoms with Crippen molar-refractivity contribution in [3.63, 3.8) is 0 Å². The van der Waals surface area contributed by atoms with E-state index in [1.54, 1.807) is 0 Å². The minimum Gasteiger partial charge on any atom is -0.465 e. The van der Waals surface area contributed by atoms with Gasteiger partial charge in [-0.15, -0.1) is 0 Å². The van der Waals surface area contributed by atoms with Crippen molar-refractivity contribution in [2.45, 2.75) is 78.2 Å². The molecule has 0 aromatic heterocycles. The molecule has 0 aromatic carbocycles. The average molecular weight is 433 g/mol. The Bertz CT molecular complexity index is 787. The van der Waals surface area contributed by atoms with Crippen LogP contribution in [0, 0.1) is 34.5 Å². The molecule has 6 heteroatoms. The molecule has 0 bridgehead atoms. The minimum atomic E-state index is -0.383. The summed E-state index contributed by atoms with van der Waals surface area (Å²) >= 11 is 0. The Balaban J connectivity index is 1.62. The van der Waals surface area contributed by atoms with Crippen LogP contribution in [-0.4, -0.2) is 42.1 Å². The van der Waals surface area contributed by atoms with E-state index in [0.717, 1.165) is 51.4 Å². The molecule has 0 amide bonds. The maximum Gasteiger partial charge on any atom is 0.302 e. The molecule has 3 saturated carbocycles. The Hall–Kier alpha value is -1.69. The number of ketones is 1. The number of hydrogen-bond acceptors (Lipinski definition) is 6. The van der Waals surface area contributed by atoms with Crippen molar-refractivity contribution in [2.24, 2.45) is 34.5 Å². The predicted molar refractivity (Wildman–Crippen MR) is 114 cm³/mol. The smallest absolute Gasteiger partial charge is 0.302 e. The van der Waals surface area contributed by atoms with Gasteiger partial charge in [0.25, 0.3) is 0 Å². The zero-order valence-electron chi connectivity index (χ0n) is 19.0. The molecule has 0 aromatic rings. The number of allylic oxidation sites excluding steroid dienone is 2. The van der Waals surface area contributed by atoms with Gasteiger partial charge in [0, 0.05) is 25.2 Å². The van der Waals surface area contributed by atoms with E-state index in [2.05, 4.69) is 13.0 Å². The molecular weight excluding hydrogens is 396 g/mol. The van der Waals surface area contributed by atoms with Crippen LogP contribution in [0.4, 0.5) is 0 Å². The molecule has 0 aliphatic heterocycles. The van der Waals surface area contributed by atoms with Crippen LogP contribution in [-0.2, 0) is 23.9 Å². The highest BCUT2D eigenvalue weighted by Crippen LogP contribution is 2.66. The normalized spacial score (nSPS) is 41.3. The van der Waals surface area contributed by atoms with Gasteiger partial charge in [0.2, 0.25) is 0 Å². The molecule has 1 N–H and O–H groups in total. The van der Waals surface area contributed by atoms with E-state index in [4.69, 9.17) is 9.47 Å². The number of rotatable bonds is 5. The van der Waals surface area contributed by atoms with E-state index < -0.39 is 0 Å². The Labute approximate surface area is 184 Å². The van der Waals surface area contributed by atoms with Gasteiger partial charge in [0.15, 0.2) is 5.78 Å². The van der Waals surface area contributed by atoms with E-state index in [0.29, 0.717) is 24.4 Å². The van der Waals surface area contributed by atoms with Crippen molar-refractivity contribution in [1.82, 2.24) is 0 Å². The maximum atomic E-state index is 12.4. The van der Waals surface area contributed by atoms with E-state index >= 15 is 0 Å². The Morgan fingerprint density at radius 2 is 1.87 bits per heavy atom. The van der Waals surface area contributed by atoms with Crippen molar-refractivity contribution < 1.29 is 29.0 Å². The number of carbonyl (C=O) groups is 3. The summed E-state index contributed by atoms with van der Waals surface area (Å²) in [6.45, 7) is 5.20. The van der Waals surface area contributed by atoms with Crippen LogP contribution in [0.3, 0.4) is 0 Å². The van der Waals surface area contributed by atoms with Gasteiger partial charge in [-0.3, -0.25) is 14.4 Å². The number of fused-ring (bicyclic) bond motifs is 5. The third kappa shape index (κ3) is 3.75. The fourth-order valence-electron chi connectivity index (χ4n) is 7.80. The molecule has 4 rings (SSSR count). The second-order valence-electron chi connectivity index (χ2n) is 10.5. The summed E-state index contributed by atoms with van der Waals surface area (Å²) < 4.78 is 11.2. The molecule has 172 valence electrons. The van der Waals surface area contributed by atoms with Gasteiger partial charge >= 0.3 is 11.9 Å². The lowest BCUT2D eigenvalue weighted by Gasteiger charge is -2.60. The van der Waals surface area contributed by atoms with Crippen LogP contribution in [0.2, 0.25) is 0 Å². The third-order valence-corrected chi connectivity index (χ3v) is 9.14. The largest absolute Gasteiger partial charge is 0.465 e. The van der Waals surface area contributed by atoms with Crippen molar-refractivity contribution in [1.29, 1.82) is 0 Å². The van der Waals surface area contributed by atoms with Gasteiger partial charge in [-0.05, 0) is 74.5 Å². The third-order valence-electron chi connectivity index (χ3n) is 9.14. The summed E-state index contributed by atoms with van der Waals surface area (Å²) in [7, 11) is 0. The van der Waals surface area contributed by atoms with Gasteiger partial charge in [0.05, 0.1) is 6.61 Å². The Kier molecular flexibility index (Phi) is 6.06. The summed E-state index contributed by atoms with van der Waals surface area (Å²) in [5, 5.41) is 9.48. The molecule has 4 aliphatic rings. The van der Waals surface area contributed by atoms with Gasteiger partial charge in [-0.2, -0.15) is 0 Å². The molecule has 0 unspecified atom stereocenters. The molecule has 0 spiro atoms. The second kappa shape index (κ2) is 8.34. The highest BCUT2D eigenvalue weighted by Gasteiger charge is 2.60. The summed E-state index contributed by atoms with van der Waals surface area (Å²) in [6, 6.07) is 0. The van der Waals surface area contributed by atoms with Crippen LogP contribution < -0.4 is 0 Å². The standard InChI is InChI=1S/C25H36O6/c1-15(27)30-14-25-11-8-18(31-16(2)28)12-17(25)4-5-19-20-6-7-22(23(29)13-26)24(20,3)10-9-21(19)25/h6,17-19,21-22,26H,4-5,7-14H2,1-3H3/t17-,18-,19-,21-,22+,24-,25+/m0/s1. The molecule has 4 aliphatic carbocycles. The van der Waals surface area contributed by atoms with E-state index in [1.807, 2.05) is 0 Å². The number of esters is 2. The molecule has 6 nitrogen and oxygen atoms in total. The molecule has 0 saturated heterocycles. The first kappa shape index (κ1) is 22.5. The van der Waals surface area contributed by atoms with Crippen molar-refractivity contribution in [3.05, 3.63) is 11.6 Å². The number of Topliss-reactive ketones (excluding diaryl/α,β-unsaturated/α-hetero) is 1. The molecule has 3 fully saturated rings. The topological polar surface area (TPSA) is 89.9 Å². The zero-order chi connectivity index (χ0) is 22.4. The van der Waals surface area contributed by atoms with Crippen LogP contribution >= 0.6 is 0 Å². The van der Waals surface area contributed by atoms with Gasteiger partial charge < -0.3 is 14.6 Å². The SMILES string of the molecule is CC(=O)OC[C@]12CC[C@H](OC(C)=O)C[C@@H]1CC[C@H]1C3=CC[C@H](C(=O)CO)[C@@]3(C)CC[C@@H]12. The first-order chi connectivity index (χ1) is 14.7. The Morgan fingerprint density at radius 1 is 1.10 bits per heavy atom. The molecule has 7 atom stereocenters. The highest BCUT2D eigenvalue weighted by molar-refractivity contribution is 5.84. The van der Waals surface area contributed by atoms with E-state index in [9.17, 15) is 19.5 Å². The van der Waals surface area contributed by atoms with Crippen LogP contribution in [0.15, 0.2) is 11.6 Å². The number of ether oxygens (including phenoxy) is 2. The number of aliphatic hydroxyl groups excluding tert-OH is 1. The summed E-state index contributed by atoms with van der Waals surface area (Å²) in [5.41, 5.74) is 1.15. The monoisotopic (exact) mass is 432 g/mol. The lowest BCUT2D eigenvalue weighted by molar-refractivity contribution is -0.170.